The molecule has 2 aromatic heterocycles. The molecule has 0 unspecified atom stereocenters. The van der Waals surface area contributed by atoms with Gasteiger partial charge in [-0.3, -0.25) is 4.79 Å². The number of anilines is 1. The highest BCUT2D eigenvalue weighted by Crippen LogP contribution is 2.20. The number of nitrogens with zero attached hydrogens (tertiary/aromatic N) is 1. The topological polar surface area (TPSA) is 48.0 Å². The molecule has 0 radical (unpaired) electrons. The van der Waals surface area contributed by atoms with E-state index in [4.69, 9.17) is 17.3 Å². The summed E-state index contributed by atoms with van der Waals surface area (Å²) in [6, 6.07) is 3.36. The van der Waals surface area contributed by atoms with Gasteiger partial charge < -0.3 is 10.3 Å². The Morgan fingerprint density at radius 2 is 2.33 bits per heavy atom. The van der Waals surface area contributed by atoms with Crippen molar-refractivity contribution in [2.45, 2.75) is 6.54 Å². The van der Waals surface area contributed by atoms with Crippen LogP contribution in [0.2, 0.25) is 4.34 Å². The molecule has 78 valence electrons. The fourth-order valence-electron chi connectivity index (χ4n) is 1.28. The zero-order valence-corrected chi connectivity index (χ0v) is 9.39. The van der Waals surface area contributed by atoms with Crippen LogP contribution >= 0.6 is 22.9 Å². The quantitative estimate of drug-likeness (QED) is 0.875. The van der Waals surface area contributed by atoms with Crippen molar-refractivity contribution in [3.63, 3.8) is 0 Å². The fourth-order valence-corrected chi connectivity index (χ4v) is 2.18. The lowest BCUT2D eigenvalue weighted by molar-refractivity contribution is 0.794. The lowest BCUT2D eigenvalue weighted by Gasteiger charge is -2.04. The van der Waals surface area contributed by atoms with Gasteiger partial charge in [-0.2, -0.15) is 0 Å². The Morgan fingerprint density at radius 3 is 2.93 bits per heavy atom. The first kappa shape index (κ1) is 10.3. The summed E-state index contributed by atoms with van der Waals surface area (Å²) in [5.41, 5.74) is 6.75. The molecule has 0 amide bonds. The highest BCUT2D eigenvalue weighted by Gasteiger charge is 1.99. The predicted molar refractivity (Wildman–Crippen MR) is 63.5 cm³/mol. The van der Waals surface area contributed by atoms with Gasteiger partial charge in [-0.05, 0) is 17.0 Å². The van der Waals surface area contributed by atoms with E-state index in [0.29, 0.717) is 6.54 Å². The van der Waals surface area contributed by atoms with E-state index in [9.17, 15) is 4.79 Å². The summed E-state index contributed by atoms with van der Waals surface area (Å²) in [5, 5.41) is 1.98. The van der Waals surface area contributed by atoms with Gasteiger partial charge in [0.1, 0.15) is 0 Å². The highest BCUT2D eigenvalue weighted by molar-refractivity contribution is 7.14. The van der Waals surface area contributed by atoms with E-state index in [-0.39, 0.29) is 11.1 Å². The van der Waals surface area contributed by atoms with E-state index in [0.717, 1.165) is 9.90 Å². The van der Waals surface area contributed by atoms with Crippen molar-refractivity contribution in [2.75, 3.05) is 5.73 Å². The summed E-state index contributed by atoms with van der Waals surface area (Å²) in [6.07, 6.45) is 3.35. The molecule has 0 aliphatic carbocycles. The van der Waals surface area contributed by atoms with Crippen LogP contribution in [0, 0.1) is 0 Å². The Kier molecular flexibility index (Phi) is 2.79. The third-order valence-corrected chi connectivity index (χ3v) is 3.13. The van der Waals surface area contributed by atoms with Crippen LogP contribution in [0.5, 0.6) is 0 Å². The number of halogens is 1. The minimum Gasteiger partial charge on any atom is -0.394 e. The van der Waals surface area contributed by atoms with E-state index in [2.05, 4.69) is 0 Å². The largest absolute Gasteiger partial charge is 0.394 e. The normalized spacial score (nSPS) is 10.5. The van der Waals surface area contributed by atoms with Crippen LogP contribution in [0.4, 0.5) is 5.69 Å². The number of aromatic nitrogens is 1. The Hall–Kier alpha value is -1.26. The summed E-state index contributed by atoms with van der Waals surface area (Å²) in [5.74, 6) is 0. The van der Waals surface area contributed by atoms with E-state index < -0.39 is 0 Å². The third-order valence-electron chi connectivity index (χ3n) is 1.99. The molecule has 3 nitrogen and oxygen atoms in total. The van der Waals surface area contributed by atoms with Gasteiger partial charge in [0.25, 0.3) is 0 Å². The molecule has 0 fully saturated rings. The summed E-state index contributed by atoms with van der Waals surface area (Å²) >= 11 is 7.31. The van der Waals surface area contributed by atoms with E-state index in [1.807, 2.05) is 16.0 Å². The van der Waals surface area contributed by atoms with Crippen LogP contribution < -0.4 is 11.2 Å². The average Bonchev–Trinajstić information content (AvgIpc) is 2.58. The third kappa shape index (κ3) is 2.40. The van der Waals surface area contributed by atoms with Crippen molar-refractivity contribution in [3.8, 4) is 0 Å². The number of hydrogen-bond donors (Lipinski definition) is 1. The molecular weight excluding hydrogens is 232 g/mol. The van der Waals surface area contributed by atoms with Gasteiger partial charge in [-0.1, -0.05) is 11.6 Å². The number of pyridine rings is 1. The molecule has 0 saturated carbocycles. The molecule has 0 atom stereocenters. The summed E-state index contributed by atoms with van der Waals surface area (Å²) < 4.78 is 2.62. The zero-order chi connectivity index (χ0) is 10.8. The van der Waals surface area contributed by atoms with Crippen LogP contribution in [0.25, 0.3) is 0 Å². The number of rotatable bonds is 2. The predicted octanol–water partition coefficient (Wildman–Crippen LogP) is 2.19. The number of nitrogen functional groups attached to an aromatic ring is 1. The number of hydrogen-bond acceptors (Lipinski definition) is 3. The lowest BCUT2D eigenvalue weighted by atomic mass is 10.3. The molecule has 0 saturated heterocycles. The summed E-state index contributed by atoms with van der Waals surface area (Å²) in [6.45, 7) is 0.674. The number of thiophene rings is 1. The minimum atomic E-state index is -0.144. The molecule has 5 heteroatoms. The molecule has 2 aromatic rings. The zero-order valence-electron chi connectivity index (χ0n) is 7.81. The fraction of sp³-hybridized carbons (Fsp3) is 0.100. The SMILES string of the molecule is Nc1cn(Cc2csc(Cl)c2)ccc1=O. The Labute approximate surface area is 95.7 Å². The first-order valence-electron chi connectivity index (χ1n) is 4.33. The molecule has 15 heavy (non-hydrogen) atoms. The molecule has 2 N–H and O–H groups in total. The van der Waals surface area contributed by atoms with E-state index in [1.165, 1.54) is 17.4 Å². The van der Waals surface area contributed by atoms with Gasteiger partial charge in [-0.15, -0.1) is 11.3 Å². The second kappa shape index (κ2) is 4.08. The molecule has 0 spiro atoms. The van der Waals surface area contributed by atoms with Crippen LogP contribution in [-0.2, 0) is 6.54 Å². The standard InChI is InChI=1S/C10H9ClN2OS/c11-10-3-7(6-15-10)4-13-2-1-9(14)8(12)5-13/h1-3,5-6H,4,12H2. The molecule has 0 aromatic carbocycles. The van der Waals surface area contributed by atoms with Crippen molar-refractivity contribution in [1.29, 1.82) is 0 Å². The second-order valence-corrected chi connectivity index (χ2v) is 4.74. The van der Waals surface area contributed by atoms with E-state index in [1.54, 1.807) is 12.4 Å². The van der Waals surface area contributed by atoms with Crippen molar-refractivity contribution >= 4 is 28.6 Å². The highest BCUT2D eigenvalue weighted by atomic mass is 35.5. The Balaban J connectivity index is 2.25. The molecule has 2 heterocycles. The smallest absolute Gasteiger partial charge is 0.204 e. The van der Waals surface area contributed by atoms with Gasteiger partial charge in [0.2, 0.25) is 5.43 Å². The average molecular weight is 241 g/mol. The molecule has 0 bridgehead atoms. The first-order valence-corrected chi connectivity index (χ1v) is 5.59. The molecule has 0 aliphatic heterocycles. The van der Waals surface area contributed by atoms with Gasteiger partial charge >= 0.3 is 0 Å². The maximum Gasteiger partial charge on any atom is 0.204 e. The van der Waals surface area contributed by atoms with Gasteiger partial charge in [0.15, 0.2) is 0 Å². The number of nitrogens with two attached hydrogens (primary N) is 1. The van der Waals surface area contributed by atoms with Crippen LogP contribution in [0.1, 0.15) is 5.56 Å². The Bertz CT molecular complexity index is 532. The van der Waals surface area contributed by atoms with Crippen molar-refractivity contribution in [2.24, 2.45) is 0 Å². The monoisotopic (exact) mass is 240 g/mol. The van der Waals surface area contributed by atoms with Crippen LogP contribution in [-0.4, -0.2) is 4.57 Å². The van der Waals surface area contributed by atoms with Crippen molar-refractivity contribution < 1.29 is 0 Å². The molecular formula is C10H9ClN2OS. The summed E-state index contributed by atoms with van der Waals surface area (Å²) in [7, 11) is 0. The maximum absolute atomic E-state index is 11.1. The van der Waals surface area contributed by atoms with E-state index >= 15 is 0 Å². The van der Waals surface area contributed by atoms with Gasteiger partial charge in [-0.25, -0.2) is 0 Å². The molecule has 2 rings (SSSR count). The summed E-state index contributed by atoms with van der Waals surface area (Å²) in [4.78, 5) is 11.1. The minimum absolute atomic E-state index is 0.144. The van der Waals surface area contributed by atoms with Crippen LogP contribution in [0.3, 0.4) is 0 Å². The van der Waals surface area contributed by atoms with Crippen molar-refractivity contribution in [3.05, 3.63) is 50.0 Å². The lowest BCUT2D eigenvalue weighted by Crippen LogP contribution is -2.10. The first-order chi connectivity index (χ1) is 7.15. The van der Waals surface area contributed by atoms with Gasteiger partial charge in [0.05, 0.1) is 10.0 Å². The second-order valence-electron chi connectivity index (χ2n) is 3.20. The van der Waals surface area contributed by atoms with Crippen LogP contribution in [0.15, 0.2) is 34.7 Å². The Morgan fingerprint density at radius 1 is 1.53 bits per heavy atom. The van der Waals surface area contributed by atoms with Crippen molar-refractivity contribution in [1.82, 2.24) is 4.57 Å². The maximum atomic E-state index is 11.1. The molecule has 0 aliphatic rings. The van der Waals surface area contributed by atoms with Gasteiger partial charge in [0, 0.05) is 25.0 Å².